The lowest BCUT2D eigenvalue weighted by molar-refractivity contribution is 0.0764. The van der Waals surface area contributed by atoms with Crippen LogP contribution in [-0.2, 0) is 0 Å². The minimum Gasteiger partial charge on any atom is -0.390 e. The second kappa shape index (κ2) is 4.53. The highest BCUT2D eigenvalue weighted by Gasteiger charge is 2.35. The highest BCUT2D eigenvalue weighted by molar-refractivity contribution is 7.08. The van der Waals surface area contributed by atoms with Gasteiger partial charge in [0, 0.05) is 18.5 Å². The van der Waals surface area contributed by atoms with Crippen molar-refractivity contribution >= 4 is 17.2 Å². The molecule has 1 amide bonds. The maximum Gasteiger partial charge on any atom is 0.254 e. The topological polar surface area (TPSA) is 43.8 Å². The minimum absolute atomic E-state index is 0.0182. The van der Waals surface area contributed by atoms with E-state index in [1.807, 2.05) is 35.8 Å². The average Bonchev–Trinajstić information content (AvgIpc) is 2.84. The third-order valence-corrected chi connectivity index (χ3v) is 3.66. The fourth-order valence-corrected chi connectivity index (χ4v) is 2.64. The molecule has 1 aliphatic heterocycles. The Morgan fingerprint density at radius 1 is 1.56 bits per heavy atom. The predicted molar refractivity (Wildman–Crippen MR) is 63.7 cm³/mol. The fraction of sp³-hybridized carbons (Fsp3) is 0.545. The van der Waals surface area contributed by atoms with E-state index in [9.17, 15) is 9.90 Å². The van der Waals surface area contributed by atoms with E-state index in [-0.39, 0.29) is 11.9 Å². The molecule has 16 heavy (non-hydrogen) atoms. The van der Waals surface area contributed by atoms with Crippen LogP contribution in [0.2, 0.25) is 0 Å². The Morgan fingerprint density at radius 3 is 2.81 bits per heavy atom. The van der Waals surface area contributed by atoms with Crippen molar-refractivity contribution < 1.29 is 9.90 Å². The Balaban J connectivity index is 2.06. The van der Waals surface area contributed by atoms with Crippen molar-refractivity contribution in [3.8, 4) is 0 Å². The van der Waals surface area contributed by atoms with Gasteiger partial charge in [-0.25, -0.2) is 0 Å². The highest BCUT2D eigenvalue weighted by Crippen LogP contribution is 2.18. The lowest BCUT2D eigenvalue weighted by Crippen LogP contribution is -2.38. The molecule has 1 N–H and O–H groups in total. The van der Waals surface area contributed by atoms with Gasteiger partial charge in [-0.2, -0.15) is 11.3 Å². The average molecular weight is 240 g/mol. The van der Waals surface area contributed by atoms with Crippen molar-refractivity contribution in [3.05, 3.63) is 22.4 Å². The van der Waals surface area contributed by atoms with Gasteiger partial charge >= 0.3 is 0 Å². The van der Waals surface area contributed by atoms with Crippen molar-refractivity contribution in [1.82, 2.24) is 9.80 Å². The summed E-state index contributed by atoms with van der Waals surface area (Å²) in [4.78, 5) is 15.7. The Kier molecular flexibility index (Phi) is 3.28. The van der Waals surface area contributed by atoms with Crippen LogP contribution < -0.4 is 0 Å². The number of aliphatic hydroxyl groups is 1. The van der Waals surface area contributed by atoms with Crippen molar-refractivity contribution in [3.63, 3.8) is 0 Å². The van der Waals surface area contributed by atoms with E-state index in [1.54, 1.807) is 4.90 Å². The Bertz CT molecular complexity index is 364. The molecule has 0 aromatic carbocycles. The zero-order valence-electron chi connectivity index (χ0n) is 9.46. The zero-order chi connectivity index (χ0) is 11.7. The number of hydrogen-bond donors (Lipinski definition) is 1. The summed E-state index contributed by atoms with van der Waals surface area (Å²) in [5, 5.41) is 13.6. The summed E-state index contributed by atoms with van der Waals surface area (Å²) in [6.07, 6.45) is -0.447. The lowest BCUT2D eigenvalue weighted by Gasteiger charge is -2.21. The van der Waals surface area contributed by atoms with Gasteiger partial charge in [0.05, 0.1) is 17.7 Å². The third kappa shape index (κ3) is 2.11. The van der Waals surface area contributed by atoms with E-state index in [2.05, 4.69) is 0 Å². The van der Waals surface area contributed by atoms with Gasteiger partial charge in [0.1, 0.15) is 0 Å². The monoisotopic (exact) mass is 240 g/mol. The Hall–Kier alpha value is -0.910. The van der Waals surface area contributed by atoms with E-state index in [0.717, 1.165) is 5.56 Å². The molecule has 0 aliphatic carbocycles. The molecule has 2 atom stereocenters. The molecule has 1 aliphatic rings. The Morgan fingerprint density at radius 2 is 2.31 bits per heavy atom. The second-order valence-electron chi connectivity index (χ2n) is 4.32. The normalized spacial score (nSPS) is 25.4. The molecule has 1 aromatic rings. The standard InChI is InChI=1S/C11H16N2O2S/c1-12(2)9-5-13(6-10(9)14)11(15)8-3-4-16-7-8/h3-4,7,9-10,14H,5-6H2,1-2H3/t9-,10-/m1/s1. The lowest BCUT2D eigenvalue weighted by atomic mass is 10.2. The number of carbonyl (C=O) groups excluding carboxylic acids is 1. The molecule has 88 valence electrons. The first kappa shape index (κ1) is 11.6. The van der Waals surface area contributed by atoms with Gasteiger partial charge in [0.15, 0.2) is 0 Å². The Labute approximate surface area is 99.1 Å². The van der Waals surface area contributed by atoms with E-state index in [4.69, 9.17) is 0 Å². The first-order valence-corrected chi connectivity index (χ1v) is 6.20. The van der Waals surface area contributed by atoms with Crippen LogP contribution >= 0.6 is 11.3 Å². The number of thiophene rings is 1. The smallest absolute Gasteiger partial charge is 0.254 e. The van der Waals surface area contributed by atoms with Crippen LogP contribution in [0.1, 0.15) is 10.4 Å². The quantitative estimate of drug-likeness (QED) is 0.818. The largest absolute Gasteiger partial charge is 0.390 e. The zero-order valence-corrected chi connectivity index (χ0v) is 10.3. The molecule has 0 saturated carbocycles. The van der Waals surface area contributed by atoms with Crippen LogP contribution in [0.5, 0.6) is 0 Å². The van der Waals surface area contributed by atoms with Crippen LogP contribution in [0, 0.1) is 0 Å². The van der Waals surface area contributed by atoms with Gasteiger partial charge in [0.25, 0.3) is 5.91 Å². The molecule has 0 radical (unpaired) electrons. The molecule has 2 heterocycles. The van der Waals surface area contributed by atoms with Gasteiger partial charge < -0.3 is 14.9 Å². The molecule has 0 unspecified atom stereocenters. The SMILES string of the molecule is CN(C)[C@@H]1CN(C(=O)c2ccsc2)C[C@H]1O. The number of likely N-dealkylation sites (N-methyl/N-ethyl adjacent to an activating group) is 1. The number of carbonyl (C=O) groups is 1. The van der Waals surface area contributed by atoms with Gasteiger partial charge in [-0.1, -0.05) is 0 Å². The van der Waals surface area contributed by atoms with E-state index < -0.39 is 6.10 Å². The number of β-amino-alcohol motifs (C(OH)–C–C–N with tert-alkyl or cyclic N) is 1. The second-order valence-corrected chi connectivity index (χ2v) is 5.10. The number of aliphatic hydroxyl groups excluding tert-OH is 1. The van der Waals surface area contributed by atoms with Gasteiger partial charge in [0.2, 0.25) is 0 Å². The number of nitrogens with zero attached hydrogens (tertiary/aromatic N) is 2. The number of likely N-dealkylation sites (tertiary alicyclic amines) is 1. The molecule has 1 aromatic heterocycles. The molecule has 4 nitrogen and oxygen atoms in total. The summed E-state index contributed by atoms with van der Waals surface area (Å²) >= 11 is 1.51. The summed E-state index contributed by atoms with van der Waals surface area (Å²) < 4.78 is 0. The maximum absolute atomic E-state index is 12.0. The van der Waals surface area contributed by atoms with E-state index in [0.29, 0.717) is 13.1 Å². The first-order valence-electron chi connectivity index (χ1n) is 5.25. The molecule has 1 fully saturated rings. The van der Waals surface area contributed by atoms with Crippen molar-refractivity contribution in [2.24, 2.45) is 0 Å². The van der Waals surface area contributed by atoms with Crippen molar-refractivity contribution in [1.29, 1.82) is 0 Å². The van der Waals surface area contributed by atoms with Gasteiger partial charge in [-0.3, -0.25) is 4.79 Å². The molecule has 0 bridgehead atoms. The van der Waals surface area contributed by atoms with Crippen molar-refractivity contribution in [2.45, 2.75) is 12.1 Å². The number of amides is 1. The molecular weight excluding hydrogens is 224 g/mol. The number of rotatable bonds is 2. The van der Waals surface area contributed by atoms with E-state index >= 15 is 0 Å². The van der Waals surface area contributed by atoms with E-state index in [1.165, 1.54) is 11.3 Å². The van der Waals surface area contributed by atoms with Crippen LogP contribution in [0.15, 0.2) is 16.8 Å². The van der Waals surface area contributed by atoms with Gasteiger partial charge in [-0.05, 0) is 25.5 Å². The molecule has 2 rings (SSSR count). The third-order valence-electron chi connectivity index (χ3n) is 2.98. The summed E-state index contributed by atoms with van der Waals surface area (Å²) in [5.74, 6) is 0.0182. The predicted octanol–water partition coefficient (Wildman–Crippen LogP) is 0.495. The van der Waals surface area contributed by atoms with Crippen LogP contribution in [0.25, 0.3) is 0 Å². The summed E-state index contributed by atoms with van der Waals surface area (Å²) in [5.41, 5.74) is 0.719. The molecule has 5 heteroatoms. The number of hydrogen-bond acceptors (Lipinski definition) is 4. The van der Waals surface area contributed by atoms with Crippen LogP contribution in [0.4, 0.5) is 0 Å². The highest BCUT2D eigenvalue weighted by atomic mass is 32.1. The summed E-state index contributed by atoms with van der Waals surface area (Å²) in [7, 11) is 3.85. The van der Waals surface area contributed by atoms with Crippen molar-refractivity contribution in [2.75, 3.05) is 27.2 Å². The molecule has 1 saturated heterocycles. The summed E-state index contributed by atoms with van der Waals surface area (Å²) in [6, 6.07) is 1.87. The fourth-order valence-electron chi connectivity index (χ4n) is 2.01. The van der Waals surface area contributed by atoms with Crippen LogP contribution in [0.3, 0.4) is 0 Å². The minimum atomic E-state index is -0.447. The first-order chi connectivity index (χ1) is 7.59. The molecular formula is C11H16N2O2S. The van der Waals surface area contributed by atoms with Gasteiger partial charge in [-0.15, -0.1) is 0 Å². The summed E-state index contributed by atoms with van der Waals surface area (Å²) in [6.45, 7) is 1.03. The van der Waals surface area contributed by atoms with Crippen LogP contribution in [-0.4, -0.2) is 60.1 Å². The molecule has 0 spiro atoms. The maximum atomic E-state index is 12.0.